The molecule has 2 aromatic rings. The van der Waals surface area contributed by atoms with E-state index in [4.69, 9.17) is 0 Å². The zero-order valence-corrected chi connectivity index (χ0v) is 18.2. The lowest BCUT2D eigenvalue weighted by Crippen LogP contribution is -2.37. The van der Waals surface area contributed by atoms with Gasteiger partial charge in [-0.05, 0) is 48.7 Å². The van der Waals surface area contributed by atoms with Gasteiger partial charge in [0.2, 0.25) is 15.9 Å². The molecule has 2 rings (SSSR count). The molecule has 0 aliphatic carbocycles. The van der Waals surface area contributed by atoms with E-state index in [1.807, 2.05) is 32.0 Å². The first-order valence-corrected chi connectivity index (χ1v) is 11.1. The Hall–Kier alpha value is -2.87. The van der Waals surface area contributed by atoms with Crippen molar-refractivity contribution in [3.05, 3.63) is 59.2 Å². The molecule has 8 heteroatoms. The van der Waals surface area contributed by atoms with Gasteiger partial charge in [-0.2, -0.15) is 0 Å². The van der Waals surface area contributed by atoms with Gasteiger partial charge in [0.25, 0.3) is 5.91 Å². The number of rotatable bonds is 7. The highest BCUT2D eigenvalue weighted by Crippen LogP contribution is 2.22. The molecule has 2 amide bonds. The van der Waals surface area contributed by atoms with Crippen molar-refractivity contribution in [2.75, 3.05) is 36.5 Å². The third-order valence-electron chi connectivity index (χ3n) is 4.50. The topological polar surface area (TPSA) is 86.8 Å². The third kappa shape index (κ3) is 5.57. The van der Waals surface area contributed by atoms with Gasteiger partial charge in [0.15, 0.2) is 0 Å². The van der Waals surface area contributed by atoms with Crippen molar-refractivity contribution in [3.63, 3.8) is 0 Å². The highest BCUT2D eigenvalue weighted by molar-refractivity contribution is 7.92. The van der Waals surface area contributed by atoms with Gasteiger partial charge < -0.3 is 10.2 Å². The quantitative estimate of drug-likeness (QED) is 0.750. The van der Waals surface area contributed by atoms with Crippen LogP contribution in [0.4, 0.5) is 11.4 Å². The second-order valence-electron chi connectivity index (χ2n) is 7.03. The van der Waals surface area contributed by atoms with E-state index in [0.29, 0.717) is 16.9 Å². The molecule has 0 aliphatic rings. The number of hydrogen-bond acceptors (Lipinski definition) is 4. The normalized spacial score (nSPS) is 11.1. The molecule has 156 valence electrons. The molecule has 0 atom stereocenters. The second kappa shape index (κ2) is 9.09. The number of benzene rings is 2. The van der Waals surface area contributed by atoms with Gasteiger partial charge in [-0.3, -0.25) is 13.9 Å². The van der Waals surface area contributed by atoms with E-state index in [9.17, 15) is 18.0 Å². The number of nitrogens with zero attached hydrogens (tertiary/aromatic N) is 2. The Labute approximate surface area is 172 Å². The average Bonchev–Trinajstić information content (AvgIpc) is 2.66. The molecule has 0 heterocycles. The van der Waals surface area contributed by atoms with Crippen molar-refractivity contribution in [3.8, 4) is 0 Å². The first-order valence-electron chi connectivity index (χ1n) is 9.22. The molecular weight excluding hydrogens is 390 g/mol. The minimum Gasteiger partial charge on any atom is -0.345 e. The number of carbonyl (C=O) groups is 2. The first-order chi connectivity index (χ1) is 13.5. The van der Waals surface area contributed by atoms with Crippen LogP contribution in [0.5, 0.6) is 0 Å². The number of para-hydroxylation sites is 1. The van der Waals surface area contributed by atoms with Crippen LogP contribution in [0, 0.1) is 6.92 Å². The molecule has 0 saturated carbocycles. The predicted molar refractivity (Wildman–Crippen MR) is 116 cm³/mol. The predicted octanol–water partition coefficient (Wildman–Crippen LogP) is 2.66. The Morgan fingerprint density at radius 2 is 1.66 bits per heavy atom. The summed E-state index contributed by atoms with van der Waals surface area (Å²) in [4.78, 5) is 26.1. The van der Waals surface area contributed by atoms with Crippen molar-refractivity contribution in [2.24, 2.45) is 0 Å². The van der Waals surface area contributed by atoms with Crippen molar-refractivity contribution in [1.29, 1.82) is 0 Å². The van der Waals surface area contributed by atoms with Crippen LogP contribution in [0.1, 0.15) is 28.4 Å². The van der Waals surface area contributed by atoms with Crippen molar-refractivity contribution >= 4 is 33.2 Å². The highest BCUT2D eigenvalue weighted by Gasteiger charge is 2.22. The number of anilines is 2. The fourth-order valence-corrected chi connectivity index (χ4v) is 3.80. The molecule has 0 bridgehead atoms. The summed E-state index contributed by atoms with van der Waals surface area (Å²) < 4.78 is 25.6. The van der Waals surface area contributed by atoms with Crippen LogP contribution in [-0.2, 0) is 21.2 Å². The Morgan fingerprint density at radius 3 is 2.17 bits per heavy atom. The SMILES string of the molecule is CCc1cccc(C)c1NC(=O)CN(c1ccc(C(=O)N(C)C)cc1)S(C)(=O)=O. The Bertz CT molecular complexity index is 999. The molecule has 7 nitrogen and oxygen atoms in total. The number of amides is 2. The smallest absolute Gasteiger partial charge is 0.253 e. The molecule has 29 heavy (non-hydrogen) atoms. The Kier molecular flexibility index (Phi) is 7.02. The third-order valence-corrected chi connectivity index (χ3v) is 5.64. The summed E-state index contributed by atoms with van der Waals surface area (Å²) in [7, 11) is -0.427. The molecule has 0 unspecified atom stereocenters. The van der Waals surface area contributed by atoms with Crippen LogP contribution in [0.2, 0.25) is 0 Å². The van der Waals surface area contributed by atoms with Gasteiger partial charge in [0.05, 0.1) is 11.9 Å². The summed E-state index contributed by atoms with van der Waals surface area (Å²) in [5, 5.41) is 2.84. The molecule has 2 aromatic carbocycles. The van der Waals surface area contributed by atoms with E-state index in [1.54, 1.807) is 26.2 Å². The Balaban J connectivity index is 2.27. The van der Waals surface area contributed by atoms with Crippen LogP contribution in [0.25, 0.3) is 0 Å². The van der Waals surface area contributed by atoms with E-state index < -0.39 is 15.9 Å². The largest absolute Gasteiger partial charge is 0.345 e. The summed E-state index contributed by atoms with van der Waals surface area (Å²) in [6, 6.07) is 11.9. The summed E-state index contributed by atoms with van der Waals surface area (Å²) >= 11 is 0. The van der Waals surface area contributed by atoms with Gasteiger partial charge in [-0.25, -0.2) is 8.42 Å². The van der Waals surface area contributed by atoms with E-state index >= 15 is 0 Å². The van der Waals surface area contributed by atoms with Gasteiger partial charge in [-0.1, -0.05) is 25.1 Å². The van der Waals surface area contributed by atoms with Gasteiger partial charge >= 0.3 is 0 Å². The number of hydrogen-bond donors (Lipinski definition) is 1. The maximum atomic E-state index is 12.6. The number of nitrogens with one attached hydrogen (secondary N) is 1. The summed E-state index contributed by atoms with van der Waals surface area (Å²) in [6.45, 7) is 3.52. The van der Waals surface area contributed by atoms with E-state index in [-0.39, 0.29) is 12.5 Å². The fourth-order valence-electron chi connectivity index (χ4n) is 2.94. The zero-order chi connectivity index (χ0) is 21.8. The fraction of sp³-hybridized carbons (Fsp3) is 0.333. The van der Waals surface area contributed by atoms with E-state index in [0.717, 1.165) is 28.1 Å². The number of carbonyl (C=O) groups excluding carboxylic acids is 2. The molecular formula is C21H27N3O4S. The zero-order valence-electron chi connectivity index (χ0n) is 17.4. The second-order valence-corrected chi connectivity index (χ2v) is 8.93. The summed E-state index contributed by atoms with van der Waals surface area (Å²) in [6.07, 6.45) is 1.79. The highest BCUT2D eigenvalue weighted by atomic mass is 32.2. The maximum absolute atomic E-state index is 12.6. The van der Waals surface area contributed by atoms with E-state index in [1.165, 1.54) is 17.0 Å². The molecule has 0 saturated heterocycles. The van der Waals surface area contributed by atoms with Crippen molar-refractivity contribution < 1.29 is 18.0 Å². The van der Waals surface area contributed by atoms with Crippen LogP contribution >= 0.6 is 0 Å². The number of sulfonamides is 1. The molecule has 0 aliphatic heterocycles. The average molecular weight is 418 g/mol. The summed E-state index contributed by atoms with van der Waals surface area (Å²) in [5.74, 6) is -0.625. The number of aryl methyl sites for hydroxylation is 2. The molecule has 0 spiro atoms. The summed E-state index contributed by atoms with van der Waals surface area (Å²) in [5.41, 5.74) is 3.36. The van der Waals surface area contributed by atoms with Gasteiger partial charge in [0, 0.05) is 25.3 Å². The minimum absolute atomic E-state index is 0.188. The lowest BCUT2D eigenvalue weighted by Gasteiger charge is -2.23. The van der Waals surface area contributed by atoms with Crippen molar-refractivity contribution in [1.82, 2.24) is 4.90 Å². The minimum atomic E-state index is -3.70. The molecule has 0 aromatic heterocycles. The van der Waals surface area contributed by atoms with Crippen LogP contribution < -0.4 is 9.62 Å². The molecule has 1 N–H and O–H groups in total. The first kappa shape index (κ1) is 22.4. The standard InChI is InChI=1S/C21H27N3O4S/c1-6-16-9-7-8-15(2)20(16)22-19(25)14-24(29(5,27)28)18-12-10-17(11-13-18)21(26)23(3)4/h7-13H,6,14H2,1-5H3,(H,22,25). The van der Waals surface area contributed by atoms with Gasteiger partial charge in [-0.15, -0.1) is 0 Å². The maximum Gasteiger partial charge on any atom is 0.253 e. The lowest BCUT2D eigenvalue weighted by atomic mass is 10.1. The monoisotopic (exact) mass is 417 g/mol. The van der Waals surface area contributed by atoms with E-state index in [2.05, 4.69) is 5.32 Å². The molecule has 0 radical (unpaired) electrons. The van der Waals surface area contributed by atoms with Crippen LogP contribution in [0.3, 0.4) is 0 Å². The van der Waals surface area contributed by atoms with Gasteiger partial charge in [0.1, 0.15) is 6.54 Å². The van der Waals surface area contributed by atoms with Crippen LogP contribution in [-0.4, -0.2) is 52.0 Å². The Morgan fingerprint density at radius 1 is 1.03 bits per heavy atom. The molecule has 0 fully saturated rings. The lowest BCUT2D eigenvalue weighted by molar-refractivity contribution is -0.114. The van der Waals surface area contributed by atoms with Crippen LogP contribution in [0.15, 0.2) is 42.5 Å². The van der Waals surface area contributed by atoms with Crippen molar-refractivity contribution in [2.45, 2.75) is 20.3 Å².